The van der Waals surface area contributed by atoms with Gasteiger partial charge in [-0.2, -0.15) is 0 Å². The number of rotatable bonds is 3. The van der Waals surface area contributed by atoms with Crippen molar-refractivity contribution in [1.29, 1.82) is 0 Å². The van der Waals surface area contributed by atoms with Gasteiger partial charge in [0.05, 0.1) is 28.5 Å². The SMILES string of the molecule is Cc1cc(-c2nnc(/C(Cl)=C/c3cnc4ccccc4n3)o2)c(C)o1. The highest BCUT2D eigenvalue weighted by Crippen LogP contribution is 2.28. The summed E-state index contributed by atoms with van der Waals surface area (Å²) in [6.45, 7) is 3.70. The number of aromatic nitrogens is 4. The monoisotopic (exact) mass is 352 g/mol. The Morgan fingerprint density at radius 1 is 1.08 bits per heavy atom. The van der Waals surface area contributed by atoms with Gasteiger partial charge >= 0.3 is 0 Å². The zero-order chi connectivity index (χ0) is 17.4. The first kappa shape index (κ1) is 15.5. The fraction of sp³-hybridized carbons (Fsp3) is 0.111. The van der Waals surface area contributed by atoms with E-state index >= 15 is 0 Å². The summed E-state index contributed by atoms with van der Waals surface area (Å²) in [5, 5.41) is 8.32. The molecular formula is C18H13ClN4O2. The van der Waals surface area contributed by atoms with Crippen LogP contribution in [0.25, 0.3) is 33.6 Å². The Morgan fingerprint density at radius 2 is 1.88 bits per heavy atom. The average Bonchev–Trinajstić information content (AvgIpc) is 3.21. The Kier molecular flexibility index (Phi) is 3.82. The van der Waals surface area contributed by atoms with Gasteiger partial charge in [0.25, 0.3) is 11.8 Å². The van der Waals surface area contributed by atoms with Crippen molar-refractivity contribution in [3.05, 3.63) is 59.6 Å². The topological polar surface area (TPSA) is 77.8 Å². The molecule has 0 saturated heterocycles. The number of halogens is 1. The molecule has 0 unspecified atom stereocenters. The predicted molar refractivity (Wildman–Crippen MR) is 94.7 cm³/mol. The Balaban J connectivity index is 1.67. The van der Waals surface area contributed by atoms with Crippen molar-refractivity contribution < 1.29 is 8.83 Å². The van der Waals surface area contributed by atoms with Crippen LogP contribution < -0.4 is 0 Å². The van der Waals surface area contributed by atoms with E-state index in [1.54, 1.807) is 12.3 Å². The van der Waals surface area contributed by atoms with E-state index in [2.05, 4.69) is 20.2 Å². The van der Waals surface area contributed by atoms with Gasteiger partial charge in [-0.05, 0) is 38.1 Å². The third-order valence-corrected chi connectivity index (χ3v) is 3.91. The fourth-order valence-corrected chi connectivity index (χ4v) is 2.69. The molecule has 0 aliphatic carbocycles. The van der Waals surface area contributed by atoms with Crippen molar-refractivity contribution in [2.45, 2.75) is 13.8 Å². The summed E-state index contributed by atoms with van der Waals surface area (Å²) in [7, 11) is 0. The molecule has 0 atom stereocenters. The maximum Gasteiger partial charge on any atom is 0.259 e. The lowest BCUT2D eigenvalue weighted by Crippen LogP contribution is -1.87. The highest BCUT2D eigenvalue weighted by atomic mass is 35.5. The zero-order valence-electron chi connectivity index (χ0n) is 13.5. The van der Waals surface area contributed by atoms with E-state index in [0.29, 0.717) is 22.4 Å². The Hall–Kier alpha value is -2.99. The molecule has 0 N–H and O–H groups in total. The predicted octanol–water partition coefficient (Wildman–Crippen LogP) is 4.63. The maximum atomic E-state index is 6.31. The number of furan rings is 1. The van der Waals surface area contributed by atoms with E-state index in [4.69, 9.17) is 20.4 Å². The molecule has 25 heavy (non-hydrogen) atoms. The summed E-state index contributed by atoms with van der Waals surface area (Å²) in [4.78, 5) is 8.85. The van der Waals surface area contributed by atoms with Gasteiger partial charge in [0.1, 0.15) is 16.6 Å². The van der Waals surface area contributed by atoms with Gasteiger partial charge in [-0.1, -0.05) is 23.7 Å². The molecular weight excluding hydrogens is 340 g/mol. The third-order valence-electron chi connectivity index (χ3n) is 3.64. The van der Waals surface area contributed by atoms with Gasteiger partial charge in [0.15, 0.2) is 0 Å². The van der Waals surface area contributed by atoms with Crippen LogP contribution >= 0.6 is 11.6 Å². The van der Waals surface area contributed by atoms with Crippen LogP contribution in [0.5, 0.6) is 0 Å². The van der Waals surface area contributed by atoms with Gasteiger partial charge in [0.2, 0.25) is 0 Å². The van der Waals surface area contributed by atoms with Crippen molar-refractivity contribution in [1.82, 2.24) is 20.2 Å². The highest BCUT2D eigenvalue weighted by Gasteiger charge is 2.16. The molecule has 0 spiro atoms. The molecule has 4 rings (SSSR count). The van der Waals surface area contributed by atoms with Crippen LogP contribution in [0, 0.1) is 13.8 Å². The molecule has 0 fully saturated rings. The molecule has 0 aliphatic heterocycles. The highest BCUT2D eigenvalue weighted by molar-refractivity contribution is 6.50. The van der Waals surface area contributed by atoms with Crippen molar-refractivity contribution in [2.75, 3.05) is 0 Å². The molecule has 0 bridgehead atoms. The van der Waals surface area contributed by atoms with Crippen LogP contribution in [0.2, 0.25) is 0 Å². The lowest BCUT2D eigenvalue weighted by molar-refractivity contribution is 0.502. The van der Waals surface area contributed by atoms with E-state index in [1.807, 2.05) is 44.2 Å². The second-order valence-electron chi connectivity index (χ2n) is 5.52. The Morgan fingerprint density at radius 3 is 2.64 bits per heavy atom. The first-order chi connectivity index (χ1) is 12.1. The molecule has 0 aliphatic rings. The van der Waals surface area contributed by atoms with E-state index < -0.39 is 0 Å². The molecule has 124 valence electrons. The number of hydrogen-bond acceptors (Lipinski definition) is 6. The summed E-state index contributed by atoms with van der Waals surface area (Å²) in [5.41, 5.74) is 2.98. The van der Waals surface area contributed by atoms with E-state index in [9.17, 15) is 0 Å². The summed E-state index contributed by atoms with van der Waals surface area (Å²) in [6, 6.07) is 9.46. The standard InChI is InChI=1S/C18H13ClN4O2/c1-10-7-13(11(2)24-10)17-22-23-18(25-17)14(19)8-12-9-20-15-5-3-4-6-16(15)21-12/h3-9H,1-2H3/b14-8-. The molecule has 6 nitrogen and oxygen atoms in total. The molecule has 3 aromatic heterocycles. The number of hydrogen-bond donors (Lipinski definition) is 0. The number of nitrogens with zero attached hydrogens (tertiary/aromatic N) is 4. The molecule has 3 heterocycles. The Labute approximate surface area is 148 Å². The lowest BCUT2D eigenvalue weighted by Gasteiger charge is -1.98. The number of benzene rings is 1. The maximum absolute atomic E-state index is 6.31. The van der Waals surface area contributed by atoms with Gasteiger partial charge in [-0.3, -0.25) is 4.98 Å². The number of para-hydroxylation sites is 2. The Bertz CT molecular complexity index is 1100. The third kappa shape index (κ3) is 3.04. The smallest absolute Gasteiger partial charge is 0.259 e. The van der Waals surface area contributed by atoms with Crippen LogP contribution in [0.1, 0.15) is 23.1 Å². The van der Waals surface area contributed by atoms with E-state index in [0.717, 1.165) is 22.4 Å². The van der Waals surface area contributed by atoms with Gasteiger partial charge in [0, 0.05) is 0 Å². The molecule has 4 aromatic rings. The molecule has 0 saturated carbocycles. The van der Waals surface area contributed by atoms with Crippen LogP contribution in [0.15, 0.2) is 45.4 Å². The lowest BCUT2D eigenvalue weighted by atomic mass is 10.2. The number of fused-ring (bicyclic) bond motifs is 1. The van der Waals surface area contributed by atoms with E-state index in [1.165, 1.54) is 0 Å². The van der Waals surface area contributed by atoms with Crippen LogP contribution in [0.4, 0.5) is 0 Å². The summed E-state index contributed by atoms with van der Waals surface area (Å²) < 4.78 is 11.1. The molecule has 0 amide bonds. The minimum atomic E-state index is 0.213. The van der Waals surface area contributed by atoms with Crippen LogP contribution in [-0.4, -0.2) is 20.2 Å². The van der Waals surface area contributed by atoms with Crippen LogP contribution in [0.3, 0.4) is 0 Å². The van der Waals surface area contributed by atoms with Crippen molar-refractivity contribution in [3.8, 4) is 11.5 Å². The van der Waals surface area contributed by atoms with Crippen molar-refractivity contribution in [3.63, 3.8) is 0 Å². The fourth-order valence-electron chi connectivity index (χ4n) is 2.50. The van der Waals surface area contributed by atoms with Gasteiger partial charge < -0.3 is 8.83 Å². The largest absolute Gasteiger partial charge is 0.466 e. The van der Waals surface area contributed by atoms with Gasteiger partial charge in [-0.25, -0.2) is 4.98 Å². The quantitative estimate of drug-likeness (QED) is 0.535. The summed E-state index contributed by atoms with van der Waals surface area (Å²) in [6.07, 6.45) is 3.29. The van der Waals surface area contributed by atoms with Gasteiger partial charge in [-0.15, -0.1) is 10.2 Å². The molecule has 0 radical (unpaired) electrons. The molecule has 7 heteroatoms. The second-order valence-corrected chi connectivity index (χ2v) is 5.92. The van der Waals surface area contributed by atoms with E-state index in [-0.39, 0.29) is 5.89 Å². The summed E-state index contributed by atoms with van der Waals surface area (Å²) >= 11 is 6.31. The first-order valence-electron chi connectivity index (χ1n) is 7.60. The van der Waals surface area contributed by atoms with Crippen molar-refractivity contribution >= 4 is 33.7 Å². The van der Waals surface area contributed by atoms with Crippen LogP contribution in [-0.2, 0) is 0 Å². The zero-order valence-corrected chi connectivity index (χ0v) is 14.3. The normalized spacial score (nSPS) is 12.0. The average molecular weight is 353 g/mol. The second kappa shape index (κ2) is 6.14. The minimum absolute atomic E-state index is 0.213. The summed E-state index contributed by atoms with van der Waals surface area (Å²) in [5.74, 6) is 2.07. The number of aryl methyl sites for hydroxylation is 2. The molecule has 1 aromatic carbocycles. The van der Waals surface area contributed by atoms with Crippen molar-refractivity contribution in [2.24, 2.45) is 0 Å². The first-order valence-corrected chi connectivity index (χ1v) is 7.98. The minimum Gasteiger partial charge on any atom is -0.466 e.